The minimum atomic E-state index is 0.260. The average molecular weight is 526 g/mol. The van der Waals surface area contributed by atoms with E-state index in [9.17, 15) is 0 Å². The summed E-state index contributed by atoms with van der Waals surface area (Å²) in [6, 6.07) is 45.6. The smallest absolute Gasteiger partial charge is 0.0867 e. The number of allylic oxidation sites excluding steroid dienone is 1. The highest BCUT2D eigenvalue weighted by molar-refractivity contribution is 6.53. The molecule has 1 aliphatic carbocycles. The maximum absolute atomic E-state index is 8.32. The van der Waals surface area contributed by atoms with Crippen molar-refractivity contribution < 1.29 is 0 Å². The third-order valence-electron chi connectivity index (χ3n) is 7.90. The fraction of sp³-hybridized carbons (Fsp3) is 0. The van der Waals surface area contributed by atoms with Crippen LogP contribution in [0, 0.1) is 10.8 Å². The summed E-state index contributed by atoms with van der Waals surface area (Å²) in [5.41, 5.74) is 11.6. The van der Waals surface area contributed by atoms with Gasteiger partial charge in [0.1, 0.15) is 0 Å². The van der Waals surface area contributed by atoms with Gasteiger partial charge in [0.05, 0.1) is 11.4 Å². The third kappa shape index (κ3) is 4.16. The van der Waals surface area contributed by atoms with E-state index in [0.29, 0.717) is 0 Å². The first-order chi connectivity index (χ1) is 20.1. The molecule has 0 unspecified atom stereocenters. The van der Waals surface area contributed by atoms with E-state index in [4.69, 9.17) is 16.6 Å². The SMILES string of the molecule is N=C1C=C(c2c3ccccc3cc3ccccc23)c2ccccc2C1=N.Nc1c2ccccc2cc2ccccc12. The second-order valence-corrected chi connectivity index (χ2v) is 10.3. The van der Waals surface area contributed by atoms with Gasteiger partial charge in [-0.15, -0.1) is 0 Å². The molecule has 7 aromatic rings. The average Bonchev–Trinajstić information content (AvgIpc) is 3.02. The number of nitrogens with two attached hydrogens (primary N) is 1. The van der Waals surface area contributed by atoms with Crippen molar-refractivity contribution in [2.24, 2.45) is 0 Å². The highest BCUT2D eigenvalue weighted by Crippen LogP contribution is 2.39. The maximum atomic E-state index is 8.32. The Hall–Kier alpha value is -5.54. The Morgan fingerprint density at radius 1 is 0.439 bits per heavy atom. The van der Waals surface area contributed by atoms with Gasteiger partial charge in [0.2, 0.25) is 0 Å². The van der Waals surface area contributed by atoms with Gasteiger partial charge < -0.3 is 5.73 Å². The molecule has 0 aromatic heterocycles. The quantitative estimate of drug-likeness (QED) is 0.145. The maximum Gasteiger partial charge on any atom is 0.0867 e. The molecule has 0 aliphatic heterocycles. The summed E-state index contributed by atoms with van der Waals surface area (Å²) in [6.45, 7) is 0. The van der Waals surface area contributed by atoms with Crippen LogP contribution in [0.25, 0.3) is 48.7 Å². The molecule has 1 aliphatic rings. The number of nitrogens with one attached hydrogen (secondary N) is 2. The van der Waals surface area contributed by atoms with E-state index in [1.807, 2.05) is 48.5 Å². The number of nitrogen functional groups attached to an aromatic ring is 1. The number of fused-ring (bicyclic) bond motifs is 5. The van der Waals surface area contributed by atoms with Crippen LogP contribution in [0.3, 0.4) is 0 Å². The largest absolute Gasteiger partial charge is 0.398 e. The lowest BCUT2D eigenvalue weighted by Gasteiger charge is -2.22. The monoisotopic (exact) mass is 525 g/mol. The molecular weight excluding hydrogens is 498 g/mol. The summed E-state index contributed by atoms with van der Waals surface area (Å²) in [4.78, 5) is 0. The van der Waals surface area contributed by atoms with Gasteiger partial charge in [0, 0.05) is 22.0 Å². The Morgan fingerprint density at radius 2 is 0.829 bits per heavy atom. The summed E-state index contributed by atoms with van der Waals surface area (Å²) >= 11 is 0. The molecule has 0 radical (unpaired) electrons. The van der Waals surface area contributed by atoms with Gasteiger partial charge in [0.15, 0.2) is 0 Å². The van der Waals surface area contributed by atoms with Crippen LogP contribution in [0.15, 0.2) is 140 Å². The Kier molecular flexibility index (Phi) is 5.91. The molecule has 0 saturated carbocycles. The van der Waals surface area contributed by atoms with E-state index < -0.39 is 0 Å². The Morgan fingerprint density at radius 3 is 1.34 bits per heavy atom. The molecule has 7 aromatic carbocycles. The van der Waals surface area contributed by atoms with E-state index in [1.165, 1.54) is 32.3 Å². The second kappa shape index (κ2) is 9.89. The molecule has 3 nitrogen and oxygen atoms in total. The number of anilines is 1. The zero-order chi connectivity index (χ0) is 27.9. The second-order valence-electron chi connectivity index (χ2n) is 10.3. The summed E-state index contributed by atoms with van der Waals surface area (Å²) in [7, 11) is 0. The van der Waals surface area contributed by atoms with Crippen LogP contribution in [0.2, 0.25) is 0 Å². The van der Waals surface area contributed by atoms with Gasteiger partial charge in [-0.25, -0.2) is 0 Å². The van der Waals surface area contributed by atoms with E-state index in [2.05, 4.69) is 91.0 Å². The first kappa shape index (κ1) is 24.5. The highest BCUT2D eigenvalue weighted by atomic mass is 14.6. The lowest BCUT2D eigenvalue weighted by molar-refractivity contribution is 1.44. The molecule has 0 heterocycles. The summed E-state index contributed by atoms with van der Waals surface area (Å²) in [5, 5.41) is 26.0. The van der Waals surface area contributed by atoms with Crippen molar-refractivity contribution >= 4 is 65.8 Å². The zero-order valence-corrected chi connectivity index (χ0v) is 22.4. The summed E-state index contributed by atoms with van der Waals surface area (Å²) in [5.74, 6) is 0. The van der Waals surface area contributed by atoms with Gasteiger partial charge in [-0.05, 0) is 67.2 Å². The van der Waals surface area contributed by atoms with Crippen molar-refractivity contribution in [3.63, 3.8) is 0 Å². The fourth-order valence-electron chi connectivity index (χ4n) is 5.93. The van der Waals surface area contributed by atoms with Gasteiger partial charge in [0.25, 0.3) is 0 Å². The van der Waals surface area contributed by atoms with Gasteiger partial charge in [-0.1, -0.05) is 121 Å². The molecule has 0 saturated heterocycles. The van der Waals surface area contributed by atoms with Gasteiger partial charge in [-0.2, -0.15) is 0 Å². The minimum Gasteiger partial charge on any atom is -0.398 e. The van der Waals surface area contributed by atoms with E-state index in [1.54, 1.807) is 0 Å². The zero-order valence-electron chi connectivity index (χ0n) is 22.4. The molecule has 4 N–H and O–H groups in total. The molecule has 3 heteroatoms. The van der Waals surface area contributed by atoms with Crippen LogP contribution in [0.4, 0.5) is 5.69 Å². The number of hydrogen-bond acceptors (Lipinski definition) is 3. The minimum absolute atomic E-state index is 0.260. The molecule has 0 atom stereocenters. The molecule has 0 fully saturated rings. The van der Waals surface area contributed by atoms with Crippen molar-refractivity contribution in [2.75, 3.05) is 5.73 Å². The van der Waals surface area contributed by atoms with Crippen LogP contribution in [0.5, 0.6) is 0 Å². The van der Waals surface area contributed by atoms with Crippen LogP contribution in [-0.2, 0) is 0 Å². The Labute approximate surface area is 238 Å². The third-order valence-corrected chi connectivity index (χ3v) is 7.90. The predicted molar refractivity (Wildman–Crippen MR) is 175 cm³/mol. The number of rotatable bonds is 1. The van der Waals surface area contributed by atoms with Crippen molar-refractivity contribution in [3.05, 3.63) is 156 Å². The van der Waals surface area contributed by atoms with Crippen LogP contribution in [0.1, 0.15) is 16.7 Å². The summed E-state index contributed by atoms with van der Waals surface area (Å²) < 4.78 is 0. The Bertz CT molecular complexity index is 2100. The van der Waals surface area contributed by atoms with Gasteiger partial charge in [-0.3, -0.25) is 10.8 Å². The van der Waals surface area contributed by atoms with E-state index >= 15 is 0 Å². The number of benzene rings is 7. The first-order valence-electron chi connectivity index (χ1n) is 13.7. The lowest BCUT2D eigenvalue weighted by Crippen LogP contribution is -2.18. The van der Waals surface area contributed by atoms with Crippen molar-refractivity contribution in [2.45, 2.75) is 0 Å². The number of hydrogen-bond donors (Lipinski definition) is 3. The lowest BCUT2D eigenvalue weighted by atomic mass is 9.81. The van der Waals surface area contributed by atoms with E-state index in [-0.39, 0.29) is 11.4 Å². The van der Waals surface area contributed by atoms with Crippen molar-refractivity contribution in [1.82, 2.24) is 0 Å². The topological polar surface area (TPSA) is 73.7 Å². The van der Waals surface area contributed by atoms with Crippen molar-refractivity contribution in [1.29, 1.82) is 10.8 Å². The molecule has 0 amide bonds. The molecular formula is C38H27N3. The molecule has 0 bridgehead atoms. The van der Waals surface area contributed by atoms with Crippen LogP contribution in [-0.4, -0.2) is 11.4 Å². The molecule has 8 rings (SSSR count). The summed E-state index contributed by atoms with van der Waals surface area (Å²) in [6.07, 6.45) is 1.85. The Balaban J connectivity index is 0.000000156. The van der Waals surface area contributed by atoms with E-state index in [0.717, 1.165) is 38.7 Å². The fourth-order valence-corrected chi connectivity index (χ4v) is 5.93. The van der Waals surface area contributed by atoms with Gasteiger partial charge >= 0.3 is 0 Å². The van der Waals surface area contributed by atoms with Crippen LogP contribution < -0.4 is 5.73 Å². The molecule has 0 spiro atoms. The van der Waals surface area contributed by atoms with Crippen molar-refractivity contribution in [3.8, 4) is 0 Å². The first-order valence-corrected chi connectivity index (χ1v) is 13.7. The highest BCUT2D eigenvalue weighted by Gasteiger charge is 2.23. The molecule has 41 heavy (non-hydrogen) atoms. The molecule has 194 valence electrons. The predicted octanol–water partition coefficient (Wildman–Crippen LogP) is 9.40. The normalized spacial score (nSPS) is 12.7. The van der Waals surface area contributed by atoms with Crippen LogP contribution >= 0.6 is 0 Å². The standard InChI is InChI=1S/C24H16N2.C14H11N/c25-22-14-21(19-11-5-6-12-20(19)24(22)26)23-17-9-3-1-7-15(17)13-16-8-2-4-10-18(16)23;15-14-12-7-3-1-5-10(12)9-11-6-2-4-8-13(11)14/h1-14,25-26H;1-9H,15H2.